The van der Waals surface area contributed by atoms with Crippen LogP contribution in [0.15, 0.2) is 22.6 Å². The number of halogens is 1. The third-order valence-corrected chi connectivity index (χ3v) is 3.66. The van der Waals surface area contributed by atoms with Crippen molar-refractivity contribution in [1.29, 1.82) is 0 Å². The molecule has 0 saturated carbocycles. The van der Waals surface area contributed by atoms with Crippen molar-refractivity contribution in [3.63, 3.8) is 0 Å². The summed E-state index contributed by atoms with van der Waals surface area (Å²) in [6, 6.07) is 6.41. The van der Waals surface area contributed by atoms with E-state index in [0.29, 0.717) is 5.92 Å². The minimum absolute atomic E-state index is 0.643. The summed E-state index contributed by atoms with van der Waals surface area (Å²) in [5.41, 5.74) is 2.39. The Morgan fingerprint density at radius 1 is 1.33 bits per heavy atom. The van der Waals surface area contributed by atoms with Crippen LogP contribution >= 0.6 is 22.6 Å². The fraction of sp³-hybridized carbons (Fsp3) is 0.467. The molecule has 0 spiro atoms. The number of furan rings is 1. The number of benzene rings is 1. The first-order chi connectivity index (χ1) is 8.61. The smallest absolute Gasteiger partial charge is 0.134 e. The lowest BCUT2D eigenvalue weighted by Gasteiger charge is -2.06. The van der Waals surface area contributed by atoms with Crippen LogP contribution in [-0.4, -0.2) is 6.54 Å². The van der Waals surface area contributed by atoms with E-state index in [2.05, 4.69) is 66.9 Å². The maximum Gasteiger partial charge on any atom is 0.134 e. The van der Waals surface area contributed by atoms with E-state index in [4.69, 9.17) is 4.42 Å². The molecule has 0 aliphatic carbocycles. The van der Waals surface area contributed by atoms with Gasteiger partial charge in [0.05, 0.1) is 6.54 Å². The third-order valence-electron chi connectivity index (χ3n) is 2.98. The molecule has 0 fully saturated rings. The molecule has 98 valence electrons. The SMILES string of the molecule is CCNCc1oc2ccc(I)cc2c1CC(C)C. The molecule has 2 rings (SSSR count). The zero-order valence-corrected chi connectivity index (χ0v) is 13.4. The van der Waals surface area contributed by atoms with Gasteiger partial charge in [-0.1, -0.05) is 20.8 Å². The van der Waals surface area contributed by atoms with Crippen molar-refractivity contribution in [3.05, 3.63) is 33.1 Å². The van der Waals surface area contributed by atoms with Gasteiger partial charge in [-0.05, 0) is 59.7 Å². The average molecular weight is 357 g/mol. The van der Waals surface area contributed by atoms with Gasteiger partial charge < -0.3 is 9.73 Å². The maximum absolute atomic E-state index is 5.99. The van der Waals surface area contributed by atoms with Gasteiger partial charge in [0.25, 0.3) is 0 Å². The lowest BCUT2D eigenvalue weighted by Crippen LogP contribution is -2.12. The molecule has 1 aromatic heterocycles. The molecule has 0 radical (unpaired) electrons. The highest BCUT2D eigenvalue weighted by molar-refractivity contribution is 14.1. The molecule has 0 bridgehead atoms. The minimum atomic E-state index is 0.643. The van der Waals surface area contributed by atoms with Crippen LogP contribution in [0.3, 0.4) is 0 Å². The Hall–Kier alpha value is -0.550. The van der Waals surface area contributed by atoms with E-state index in [1.165, 1.54) is 14.5 Å². The van der Waals surface area contributed by atoms with Crippen molar-refractivity contribution in [3.8, 4) is 0 Å². The van der Waals surface area contributed by atoms with Gasteiger partial charge in [-0.3, -0.25) is 0 Å². The van der Waals surface area contributed by atoms with Gasteiger partial charge in [0.15, 0.2) is 0 Å². The van der Waals surface area contributed by atoms with Crippen LogP contribution in [0.1, 0.15) is 32.1 Å². The van der Waals surface area contributed by atoms with Crippen molar-refractivity contribution in [2.24, 2.45) is 5.92 Å². The Morgan fingerprint density at radius 3 is 2.78 bits per heavy atom. The summed E-state index contributed by atoms with van der Waals surface area (Å²) in [6.07, 6.45) is 1.08. The molecule has 18 heavy (non-hydrogen) atoms. The summed E-state index contributed by atoms with van der Waals surface area (Å²) in [5, 5.41) is 4.64. The summed E-state index contributed by atoms with van der Waals surface area (Å²) in [6.45, 7) is 8.42. The summed E-state index contributed by atoms with van der Waals surface area (Å²) in [5.74, 6) is 1.74. The van der Waals surface area contributed by atoms with Crippen LogP contribution in [-0.2, 0) is 13.0 Å². The monoisotopic (exact) mass is 357 g/mol. The van der Waals surface area contributed by atoms with Crippen LogP contribution in [0.25, 0.3) is 11.0 Å². The summed E-state index contributed by atoms with van der Waals surface area (Å²) >= 11 is 2.36. The molecule has 1 N–H and O–H groups in total. The molecule has 1 heterocycles. The van der Waals surface area contributed by atoms with Crippen molar-refractivity contribution in [2.45, 2.75) is 33.7 Å². The highest BCUT2D eigenvalue weighted by Gasteiger charge is 2.15. The molecular weight excluding hydrogens is 337 g/mol. The molecule has 0 atom stereocenters. The van der Waals surface area contributed by atoms with Crippen LogP contribution in [0, 0.1) is 9.49 Å². The quantitative estimate of drug-likeness (QED) is 0.805. The van der Waals surface area contributed by atoms with E-state index in [9.17, 15) is 0 Å². The largest absolute Gasteiger partial charge is 0.459 e. The second-order valence-electron chi connectivity index (χ2n) is 5.02. The van der Waals surface area contributed by atoms with Crippen LogP contribution in [0.4, 0.5) is 0 Å². The first-order valence-electron chi connectivity index (χ1n) is 6.52. The normalized spacial score (nSPS) is 11.6. The van der Waals surface area contributed by atoms with Crippen LogP contribution < -0.4 is 5.32 Å². The molecule has 2 nitrogen and oxygen atoms in total. The molecule has 0 saturated heterocycles. The van der Waals surface area contributed by atoms with Gasteiger partial charge in [-0.25, -0.2) is 0 Å². The Bertz CT molecular complexity index is 531. The standard InChI is InChI=1S/C15H20INO/c1-4-17-9-15-12(7-10(2)3)13-8-11(16)5-6-14(13)18-15/h5-6,8,10,17H,4,7,9H2,1-3H3. The molecular formula is C15H20INO. The molecule has 0 aliphatic rings. The number of hydrogen-bond acceptors (Lipinski definition) is 2. The van der Waals surface area contributed by atoms with Crippen molar-refractivity contribution >= 4 is 33.6 Å². The lowest BCUT2D eigenvalue weighted by atomic mass is 10.00. The highest BCUT2D eigenvalue weighted by Crippen LogP contribution is 2.29. The summed E-state index contributed by atoms with van der Waals surface area (Å²) < 4.78 is 7.26. The Labute approximate surface area is 122 Å². The third kappa shape index (κ3) is 3.06. The van der Waals surface area contributed by atoms with Crippen LogP contribution in [0.5, 0.6) is 0 Å². The topological polar surface area (TPSA) is 25.2 Å². The number of hydrogen-bond donors (Lipinski definition) is 1. The minimum Gasteiger partial charge on any atom is -0.459 e. The zero-order chi connectivity index (χ0) is 13.1. The summed E-state index contributed by atoms with van der Waals surface area (Å²) in [4.78, 5) is 0. The fourth-order valence-electron chi connectivity index (χ4n) is 2.18. The molecule has 3 heteroatoms. The van der Waals surface area contributed by atoms with E-state index in [1.807, 2.05) is 0 Å². The van der Waals surface area contributed by atoms with Gasteiger partial charge in [0.1, 0.15) is 11.3 Å². The summed E-state index contributed by atoms with van der Waals surface area (Å²) in [7, 11) is 0. The van der Waals surface area contributed by atoms with E-state index >= 15 is 0 Å². The zero-order valence-electron chi connectivity index (χ0n) is 11.2. The van der Waals surface area contributed by atoms with E-state index in [0.717, 1.165) is 30.9 Å². The average Bonchev–Trinajstić information content (AvgIpc) is 2.64. The van der Waals surface area contributed by atoms with Gasteiger partial charge in [0, 0.05) is 14.5 Å². The fourth-order valence-corrected chi connectivity index (χ4v) is 2.68. The Balaban J connectivity index is 2.47. The van der Waals surface area contributed by atoms with Crippen LogP contribution in [0.2, 0.25) is 0 Å². The molecule has 0 amide bonds. The van der Waals surface area contributed by atoms with Crippen molar-refractivity contribution < 1.29 is 4.42 Å². The highest BCUT2D eigenvalue weighted by atomic mass is 127. The molecule has 1 aromatic carbocycles. The second-order valence-corrected chi connectivity index (χ2v) is 6.27. The number of rotatable bonds is 5. The van der Waals surface area contributed by atoms with E-state index in [-0.39, 0.29) is 0 Å². The van der Waals surface area contributed by atoms with E-state index < -0.39 is 0 Å². The number of nitrogens with one attached hydrogen (secondary N) is 1. The van der Waals surface area contributed by atoms with Crippen molar-refractivity contribution in [2.75, 3.05) is 6.54 Å². The molecule has 2 aromatic rings. The predicted octanol–water partition coefficient (Wildman–Crippen LogP) is 4.35. The molecule has 0 unspecified atom stereocenters. The maximum atomic E-state index is 5.99. The number of fused-ring (bicyclic) bond motifs is 1. The first kappa shape index (κ1) is 13.9. The first-order valence-corrected chi connectivity index (χ1v) is 7.60. The van der Waals surface area contributed by atoms with Gasteiger partial charge in [-0.2, -0.15) is 0 Å². The molecule has 0 aliphatic heterocycles. The Morgan fingerprint density at radius 2 is 2.11 bits per heavy atom. The lowest BCUT2D eigenvalue weighted by molar-refractivity contribution is 0.506. The second kappa shape index (κ2) is 6.06. The van der Waals surface area contributed by atoms with Gasteiger partial charge in [-0.15, -0.1) is 0 Å². The van der Waals surface area contributed by atoms with Gasteiger partial charge in [0.2, 0.25) is 0 Å². The van der Waals surface area contributed by atoms with Gasteiger partial charge >= 0.3 is 0 Å². The van der Waals surface area contributed by atoms with Crippen molar-refractivity contribution in [1.82, 2.24) is 5.32 Å². The Kier molecular flexibility index (Phi) is 4.67. The van der Waals surface area contributed by atoms with E-state index in [1.54, 1.807) is 0 Å². The predicted molar refractivity (Wildman–Crippen MR) is 84.9 cm³/mol.